The van der Waals surface area contributed by atoms with Gasteiger partial charge in [0, 0.05) is 6.20 Å². The average molecular weight is 213 g/mol. The van der Waals surface area contributed by atoms with E-state index in [1.165, 1.54) is 5.56 Å². The highest BCUT2D eigenvalue weighted by atomic mass is 15.2. The Morgan fingerprint density at radius 1 is 1.06 bits per heavy atom. The second-order valence-electron chi connectivity index (χ2n) is 3.66. The van der Waals surface area contributed by atoms with E-state index in [1.54, 1.807) is 6.20 Å². The number of hydrogen-bond acceptors (Lipinski definition) is 3. The Morgan fingerprint density at radius 3 is 2.44 bits per heavy atom. The van der Waals surface area contributed by atoms with Crippen LogP contribution in [0.3, 0.4) is 0 Å². The van der Waals surface area contributed by atoms with Crippen molar-refractivity contribution in [3.8, 4) is 0 Å². The predicted octanol–water partition coefficient (Wildman–Crippen LogP) is 1.83. The number of hydrazine groups is 1. The zero-order chi connectivity index (χ0) is 11.2. The van der Waals surface area contributed by atoms with Gasteiger partial charge in [-0.05, 0) is 24.1 Å². The van der Waals surface area contributed by atoms with Gasteiger partial charge < -0.3 is 0 Å². The maximum Gasteiger partial charge on any atom is 0.0672 e. The maximum absolute atomic E-state index is 5.56. The minimum atomic E-state index is 0.0589. The molecule has 0 aliphatic carbocycles. The van der Waals surface area contributed by atoms with Gasteiger partial charge >= 0.3 is 0 Å². The fraction of sp³-hybridized carbons (Fsp3) is 0.154. The van der Waals surface area contributed by atoms with Crippen molar-refractivity contribution in [1.29, 1.82) is 0 Å². The van der Waals surface area contributed by atoms with Crippen molar-refractivity contribution in [2.24, 2.45) is 5.84 Å². The van der Waals surface area contributed by atoms with E-state index in [2.05, 4.69) is 22.5 Å². The second-order valence-corrected chi connectivity index (χ2v) is 3.66. The standard InChI is InChI=1S/C13H15N3/c14-16-13(12-8-4-5-9-15-12)10-11-6-2-1-3-7-11/h1-9,13,16H,10,14H2. The third-order valence-corrected chi connectivity index (χ3v) is 2.53. The summed E-state index contributed by atoms with van der Waals surface area (Å²) in [6.45, 7) is 0. The van der Waals surface area contributed by atoms with Crippen molar-refractivity contribution >= 4 is 0 Å². The molecule has 0 saturated carbocycles. The molecular formula is C13H15N3. The Morgan fingerprint density at radius 2 is 1.81 bits per heavy atom. The van der Waals surface area contributed by atoms with Crippen molar-refractivity contribution in [2.45, 2.75) is 12.5 Å². The van der Waals surface area contributed by atoms with Crippen LogP contribution >= 0.6 is 0 Å². The van der Waals surface area contributed by atoms with E-state index in [4.69, 9.17) is 5.84 Å². The first kappa shape index (κ1) is 10.8. The van der Waals surface area contributed by atoms with Crippen LogP contribution < -0.4 is 11.3 Å². The Kier molecular flexibility index (Phi) is 3.64. The number of pyridine rings is 1. The van der Waals surface area contributed by atoms with Crippen LogP contribution in [-0.2, 0) is 6.42 Å². The van der Waals surface area contributed by atoms with Crippen molar-refractivity contribution in [2.75, 3.05) is 0 Å². The molecule has 3 nitrogen and oxygen atoms in total. The largest absolute Gasteiger partial charge is 0.271 e. The zero-order valence-corrected chi connectivity index (χ0v) is 9.01. The van der Waals surface area contributed by atoms with Crippen LogP contribution in [-0.4, -0.2) is 4.98 Å². The number of hydrogen-bond donors (Lipinski definition) is 2. The van der Waals surface area contributed by atoms with Crippen LogP contribution in [0.15, 0.2) is 54.7 Å². The van der Waals surface area contributed by atoms with E-state index in [1.807, 2.05) is 36.4 Å². The molecule has 1 heterocycles. The molecule has 0 aliphatic heterocycles. The third-order valence-electron chi connectivity index (χ3n) is 2.53. The maximum atomic E-state index is 5.56. The molecule has 0 bridgehead atoms. The van der Waals surface area contributed by atoms with Crippen LogP contribution in [0.1, 0.15) is 17.3 Å². The fourth-order valence-electron chi connectivity index (χ4n) is 1.68. The molecule has 0 amide bonds. The molecule has 2 rings (SSSR count). The smallest absolute Gasteiger partial charge is 0.0672 e. The number of rotatable bonds is 4. The molecule has 82 valence electrons. The number of nitrogens with one attached hydrogen (secondary N) is 1. The molecule has 0 spiro atoms. The van der Waals surface area contributed by atoms with Gasteiger partial charge in [-0.15, -0.1) is 0 Å². The Hall–Kier alpha value is -1.71. The van der Waals surface area contributed by atoms with Gasteiger partial charge in [0.05, 0.1) is 11.7 Å². The topological polar surface area (TPSA) is 50.9 Å². The molecule has 0 fully saturated rings. The van der Waals surface area contributed by atoms with Crippen LogP contribution in [0.2, 0.25) is 0 Å². The predicted molar refractivity (Wildman–Crippen MR) is 64.4 cm³/mol. The summed E-state index contributed by atoms with van der Waals surface area (Å²) in [5, 5.41) is 0. The highest BCUT2D eigenvalue weighted by Crippen LogP contribution is 2.14. The van der Waals surface area contributed by atoms with Crippen molar-refractivity contribution < 1.29 is 0 Å². The monoisotopic (exact) mass is 213 g/mol. The average Bonchev–Trinajstić information content (AvgIpc) is 2.38. The number of nitrogens with zero attached hydrogens (tertiary/aromatic N) is 1. The molecule has 1 unspecified atom stereocenters. The zero-order valence-electron chi connectivity index (χ0n) is 9.01. The lowest BCUT2D eigenvalue weighted by molar-refractivity contribution is 0.538. The van der Waals surface area contributed by atoms with E-state index in [0.29, 0.717) is 0 Å². The summed E-state index contributed by atoms with van der Waals surface area (Å²) in [6.07, 6.45) is 2.62. The summed E-state index contributed by atoms with van der Waals surface area (Å²) < 4.78 is 0. The summed E-state index contributed by atoms with van der Waals surface area (Å²) in [7, 11) is 0. The molecule has 1 aromatic carbocycles. The van der Waals surface area contributed by atoms with E-state index in [9.17, 15) is 0 Å². The number of aromatic nitrogens is 1. The number of nitrogens with two attached hydrogens (primary N) is 1. The Balaban J connectivity index is 2.13. The SMILES string of the molecule is NNC(Cc1ccccc1)c1ccccn1. The number of benzene rings is 1. The molecule has 16 heavy (non-hydrogen) atoms. The molecule has 3 N–H and O–H groups in total. The molecular weight excluding hydrogens is 198 g/mol. The van der Waals surface area contributed by atoms with Gasteiger partial charge in [-0.1, -0.05) is 36.4 Å². The molecule has 0 radical (unpaired) electrons. The van der Waals surface area contributed by atoms with Crippen molar-refractivity contribution in [1.82, 2.24) is 10.4 Å². The summed E-state index contributed by atoms with van der Waals surface area (Å²) in [5.74, 6) is 5.56. The first-order valence-corrected chi connectivity index (χ1v) is 5.31. The first-order chi connectivity index (χ1) is 7.90. The van der Waals surface area contributed by atoms with E-state index in [0.717, 1.165) is 12.1 Å². The summed E-state index contributed by atoms with van der Waals surface area (Å²) in [6, 6.07) is 16.2. The molecule has 3 heteroatoms. The normalized spacial score (nSPS) is 12.3. The highest BCUT2D eigenvalue weighted by Gasteiger charge is 2.10. The summed E-state index contributed by atoms with van der Waals surface area (Å²) in [5.41, 5.74) is 5.02. The lowest BCUT2D eigenvalue weighted by Crippen LogP contribution is -2.30. The Labute approximate surface area is 95.3 Å². The minimum Gasteiger partial charge on any atom is -0.271 e. The van der Waals surface area contributed by atoms with E-state index >= 15 is 0 Å². The van der Waals surface area contributed by atoms with Crippen LogP contribution in [0.4, 0.5) is 0 Å². The van der Waals surface area contributed by atoms with Crippen LogP contribution in [0.25, 0.3) is 0 Å². The molecule has 0 aliphatic rings. The van der Waals surface area contributed by atoms with Gasteiger partial charge in [-0.2, -0.15) is 0 Å². The van der Waals surface area contributed by atoms with Gasteiger partial charge in [-0.25, -0.2) is 0 Å². The lowest BCUT2D eigenvalue weighted by Gasteiger charge is -2.15. The van der Waals surface area contributed by atoms with Gasteiger partial charge in [0.2, 0.25) is 0 Å². The molecule has 0 saturated heterocycles. The first-order valence-electron chi connectivity index (χ1n) is 5.31. The minimum absolute atomic E-state index is 0.0589. The van der Waals surface area contributed by atoms with E-state index < -0.39 is 0 Å². The van der Waals surface area contributed by atoms with Crippen LogP contribution in [0, 0.1) is 0 Å². The summed E-state index contributed by atoms with van der Waals surface area (Å²) in [4.78, 5) is 4.30. The van der Waals surface area contributed by atoms with Crippen molar-refractivity contribution in [3.05, 3.63) is 66.0 Å². The highest BCUT2D eigenvalue weighted by molar-refractivity contribution is 5.19. The van der Waals surface area contributed by atoms with E-state index in [-0.39, 0.29) is 6.04 Å². The fourth-order valence-corrected chi connectivity index (χ4v) is 1.68. The lowest BCUT2D eigenvalue weighted by atomic mass is 10.0. The second kappa shape index (κ2) is 5.39. The summed E-state index contributed by atoms with van der Waals surface area (Å²) >= 11 is 0. The molecule has 1 aromatic heterocycles. The quantitative estimate of drug-likeness (QED) is 0.601. The van der Waals surface area contributed by atoms with Gasteiger partial charge in [0.1, 0.15) is 0 Å². The molecule has 1 atom stereocenters. The van der Waals surface area contributed by atoms with Gasteiger partial charge in [0.25, 0.3) is 0 Å². The molecule has 2 aromatic rings. The Bertz CT molecular complexity index is 414. The van der Waals surface area contributed by atoms with Gasteiger partial charge in [0.15, 0.2) is 0 Å². The third kappa shape index (κ3) is 2.66. The van der Waals surface area contributed by atoms with Crippen molar-refractivity contribution in [3.63, 3.8) is 0 Å². The van der Waals surface area contributed by atoms with Crippen LogP contribution in [0.5, 0.6) is 0 Å². The van der Waals surface area contributed by atoms with Gasteiger partial charge in [-0.3, -0.25) is 16.3 Å².